The van der Waals surface area contributed by atoms with Crippen molar-refractivity contribution >= 4 is 11.9 Å². The van der Waals surface area contributed by atoms with Crippen LogP contribution in [0.4, 0.5) is 0 Å². The highest BCUT2D eigenvalue weighted by Crippen LogP contribution is 2.19. The summed E-state index contributed by atoms with van der Waals surface area (Å²) >= 11 is 0. The van der Waals surface area contributed by atoms with E-state index in [1.54, 1.807) is 25.3 Å². The van der Waals surface area contributed by atoms with Crippen molar-refractivity contribution in [1.29, 1.82) is 0 Å². The summed E-state index contributed by atoms with van der Waals surface area (Å²) < 4.78 is 5.32. The predicted molar refractivity (Wildman–Crippen MR) is 91.6 cm³/mol. The molecule has 1 amide bonds. The fourth-order valence-corrected chi connectivity index (χ4v) is 2.56. The molecule has 0 atom stereocenters. The van der Waals surface area contributed by atoms with Gasteiger partial charge in [-0.1, -0.05) is 35.9 Å². The van der Waals surface area contributed by atoms with Crippen LogP contribution < -0.4 is 10.1 Å². The summed E-state index contributed by atoms with van der Waals surface area (Å²) in [6.45, 7) is 2.47. The number of hydrogen-bond donors (Lipinski definition) is 2. The number of aromatic carboxylic acids is 1. The maximum Gasteiger partial charge on any atom is 0.335 e. The second-order valence-corrected chi connectivity index (χ2v) is 5.55. The highest BCUT2D eigenvalue weighted by Gasteiger charge is 2.12. The van der Waals surface area contributed by atoms with Crippen LogP contribution in [0.1, 0.15) is 27.0 Å². The van der Waals surface area contributed by atoms with Crippen molar-refractivity contribution in [2.24, 2.45) is 0 Å². The zero-order valence-electron chi connectivity index (χ0n) is 13.8. The molecule has 0 aliphatic carbocycles. The lowest BCUT2D eigenvalue weighted by molar-refractivity contribution is -0.120. The third kappa shape index (κ3) is 4.59. The molecule has 0 heterocycles. The molecule has 5 nitrogen and oxygen atoms in total. The Morgan fingerprint density at radius 1 is 1.12 bits per heavy atom. The van der Waals surface area contributed by atoms with E-state index < -0.39 is 5.97 Å². The van der Waals surface area contributed by atoms with Gasteiger partial charge < -0.3 is 15.2 Å². The fourth-order valence-electron chi connectivity index (χ4n) is 2.56. The van der Waals surface area contributed by atoms with Crippen molar-refractivity contribution in [3.05, 3.63) is 64.7 Å². The first-order chi connectivity index (χ1) is 11.5. The zero-order chi connectivity index (χ0) is 17.5. The van der Waals surface area contributed by atoms with E-state index in [0.29, 0.717) is 18.5 Å². The Morgan fingerprint density at radius 2 is 1.88 bits per heavy atom. The number of carboxylic acids is 1. The number of nitrogens with one attached hydrogen (secondary N) is 1. The summed E-state index contributed by atoms with van der Waals surface area (Å²) in [4.78, 5) is 23.2. The third-order valence-electron chi connectivity index (χ3n) is 3.75. The van der Waals surface area contributed by atoms with Crippen LogP contribution in [0.5, 0.6) is 5.75 Å². The van der Waals surface area contributed by atoms with Gasteiger partial charge in [0.1, 0.15) is 5.75 Å². The Balaban J connectivity index is 1.93. The lowest BCUT2D eigenvalue weighted by Crippen LogP contribution is -2.28. The van der Waals surface area contributed by atoms with Crippen LogP contribution in [0.25, 0.3) is 0 Å². The number of benzene rings is 2. The molecule has 2 N–H and O–H groups in total. The fraction of sp³-hybridized carbons (Fsp3) is 0.263. The van der Waals surface area contributed by atoms with Crippen LogP contribution >= 0.6 is 0 Å². The van der Waals surface area contributed by atoms with Crippen LogP contribution in [-0.2, 0) is 17.6 Å². The molecule has 0 aromatic heterocycles. The molecule has 2 aromatic carbocycles. The van der Waals surface area contributed by atoms with Crippen molar-refractivity contribution in [3.63, 3.8) is 0 Å². The molecule has 2 aromatic rings. The molecule has 2 rings (SSSR count). The van der Waals surface area contributed by atoms with E-state index >= 15 is 0 Å². The van der Waals surface area contributed by atoms with Crippen molar-refractivity contribution < 1.29 is 19.4 Å². The summed E-state index contributed by atoms with van der Waals surface area (Å²) in [6.07, 6.45) is 0.699. The summed E-state index contributed by atoms with van der Waals surface area (Å²) in [5.41, 5.74) is 2.83. The maximum absolute atomic E-state index is 12.1. The smallest absolute Gasteiger partial charge is 0.335 e. The number of rotatable bonds is 7. The zero-order valence-corrected chi connectivity index (χ0v) is 13.8. The Kier molecular flexibility index (Phi) is 5.95. The van der Waals surface area contributed by atoms with Crippen molar-refractivity contribution in [2.75, 3.05) is 13.7 Å². The van der Waals surface area contributed by atoms with Gasteiger partial charge in [0.05, 0.1) is 19.1 Å². The van der Waals surface area contributed by atoms with E-state index in [0.717, 1.165) is 16.9 Å². The van der Waals surface area contributed by atoms with Gasteiger partial charge in [-0.05, 0) is 36.6 Å². The average Bonchev–Trinajstić information content (AvgIpc) is 2.55. The minimum Gasteiger partial charge on any atom is -0.496 e. The number of carbonyl (C=O) groups excluding carboxylic acids is 1. The lowest BCUT2D eigenvalue weighted by Gasteiger charge is -2.11. The van der Waals surface area contributed by atoms with Crippen molar-refractivity contribution in [2.45, 2.75) is 19.8 Å². The highest BCUT2D eigenvalue weighted by molar-refractivity contribution is 5.91. The number of carboxylic acid groups (broad SMARTS) is 1. The van der Waals surface area contributed by atoms with E-state index in [1.165, 1.54) is 6.07 Å². The molecule has 0 radical (unpaired) electrons. The second-order valence-electron chi connectivity index (χ2n) is 5.55. The minimum atomic E-state index is -1.03. The van der Waals surface area contributed by atoms with Crippen LogP contribution in [0.3, 0.4) is 0 Å². The number of ether oxygens (including phenoxy) is 1. The van der Waals surface area contributed by atoms with E-state index in [4.69, 9.17) is 9.84 Å². The second kappa shape index (κ2) is 8.15. The molecule has 0 saturated heterocycles. The number of hydrogen-bond acceptors (Lipinski definition) is 3. The van der Waals surface area contributed by atoms with Gasteiger partial charge in [-0.2, -0.15) is 0 Å². The van der Waals surface area contributed by atoms with Gasteiger partial charge in [0, 0.05) is 6.54 Å². The Morgan fingerprint density at radius 3 is 2.58 bits per heavy atom. The number of aryl methyl sites for hydroxylation is 1. The van der Waals surface area contributed by atoms with Gasteiger partial charge in [0.25, 0.3) is 0 Å². The van der Waals surface area contributed by atoms with Crippen LogP contribution in [0.2, 0.25) is 0 Å². The van der Waals surface area contributed by atoms with E-state index in [1.807, 2.05) is 25.1 Å². The molecule has 24 heavy (non-hydrogen) atoms. The van der Waals surface area contributed by atoms with Crippen LogP contribution in [0, 0.1) is 6.92 Å². The molecular formula is C19H21NO4. The molecule has 0 unspecified atom stereocenters. The lowest BCUT2D eigenvalue weighted by atomic mass is 10.0. The van der Waals surface area contributed by atoms with Crippen molar-refractivity contribution in [3.8, 4) is 5.75 Å². The largest absolute Gasteiger partial charge is 0.496 e. The van der Waals surface area contributed by atoms with Gasteiger partial charge in [-0.25, -0.2) is 4.79 Å². The summed E-state index contributed by atoms with van der Waals surface area (Å²) in [5.74, 6) is -0.427. The SMILES string of the molecule is COc1ccc(C)cc1CCNC(=O)Cc1ccccc1C(=O)O. The van der Waals surface area contributed by atoms with E-state index in [9.17, 15) is 9.59 Å². The molecule has 0 saturated carbocycles. The van der Waals surface area contributed by atoms with Crippen molar-refractivity contribution in [1.82, 2.24) is 5.32 Å². The number of carbonyl (C=O) groups is 2. The molecule has 0 aliphatic rings. The molecule has 126 valence electrons. The minimum absolute atomic E-state index is 0.0490. The van der Waals surface area contributed by atoms with Crippen LogP contribution in [-0.4, -0.2) is 30.6 Å². The van der Waals surface area contributed by atoms with E-state index in [2.05, 4.69) is 5.32 Å². The quantitative estimate of drug-likeness (QED) is 0.819. The Labute approximate surface area is 141 Å². The van der Waals surface area contributed by atoms with Gasteiger partial charge >= 0.3 is 5.97 Å². The monoisotopic (exact) mass is 327 g/mol. The molecule has 0 fully saturated rings. The average molecular weight is 327 g/mol. The molecule has 0 spiro atoms. The standard InChI is InChI=1S/C19H21NO4/c1-13-7-8-17(24-2)15(11-13)9-10-20-18(21)12-14-5-3-4-6-16(14)19(22)23/h3-8,11H,9-10,12H2,1-2H3,(H,20,21)(H,22,23). The number of amides is 1. The topological polar surface area (TPSA) is 75.6 Å². The first-order valence-corrected chi connectivity index (χ1v) is 7.72. The molecule has 0 aliphatic heterocycles. The third-order valence-corrected chi connectivity index (χ3v) is 3.75. The number of methoxy groups -OCH3 is 1. The Hall–Kier alpha value is -2.82. The van der Waals surface area contributed by atoms with Gasteiger partial charge in [-0.15, -0.1) is 0 Å². The van der Waals surface area contributed by atoms with E-state index in [-0.39, 0.29) is 17.9 Å². The van der Waals surface area contributed by atoms with Gasteiger partial charge in [0.2, 0.25) is 5.91 Å². The molecule has 0 bridgehead atoms. The van der Waals surface area contributed by atoms with Gasteiger partial charge in [-0.3, -0.25) is 4.79 Å². The Bertz CT molecular complexity index is 740. The first kappa shape index (κ1) is 17.5. The predicted octanol–water partition coefficient (Wildman–Crippen LogP) is 2.60. The van der Waals surface area contributed by atoms with Crippen LogP contribution in [0.15, 0.2) is 42.5 Å². The summed E-state index contributed by atoms with van der Waals surface area (Å²) in [5, 5.41) is 12.0. The molecule has 5 heteroatoms. The maximum atomic E-state index is 12.1. The first-order valence-electron chi connectivity index (χ1n) is 7.72. The summed E-state index contributed by atoms with van der Waals surface area (Å²) in [7, 11) is 1.62. The van der Waals surface area contributed by atoms with Gasteiger partial charge in [0.15, 0.2) is 0 Å². The normalized spacial score (nSPS) is 10.2. The highest BCUT2D eigenvalue weighted by atomic mass is 16.5. The summed E-state index contributed by atoms with van der Waals surface area (Å²) in [6, 6.07) is 12.5. The molecular weight excluding hydrogens is 306 g/mol.